The maximum Gasteiger partial charge on any atom is 0.389 e. The zero-order valence-corrected chi connectivity index (χ0v) is 12.4. The Labute approximate surface area is 123 Å². The second-order valence-electron chi connectivity index (χ2n) is 4.64. The molecule has 1 unspecified atom stereocenters. The molecule has 1 N–H and O–H groups in total. The molecule has 120 valence electrons. The molecule has 0 radical (unpaired) electrons. The molecule has 0 bridgehead atoms. The lowest BCUT2D eigenvalue weighted by molar-refractivity contribution is -0.136. The molecule has 0 spiro atoms. The zero-order valence-electron chi connectivity index (χ0n) is 12.4. The van der Waals surface area contributed by atoms with Crippen molar-refractivity contribution in [3.63, 3.8) is 0 Å². The quantitative estimate of drug-likeness (QED) is 0.706. The van der Waals surface area contributed by atoms with Crippen molar-refractivity contribution in [1.82, 2.24) is 5.32 Å². The Morgan fingerprint density at radius 3 is 2.52 bits per heavy atom. The number of hydrogen-bond donors (Lipinski definition) is 1. The Kier molecular flexibility index (Phi) is 7.53. The molecular formula is C15H22F3NO2. The molecule has 21 heavy (non-hydrogen) atoms. The normalized spacial score (nSPS) is 13.2. The average molecular weight is 305 g/mol. The molecule has 0 aliphatic rings. The highest BCUT2D eigenvalue weighted by Gasteiger charge is 2.29. The van der Waals surface area contributed by atoms with Crippen LogP contribution in [0.4, 0.5) is 13.2 Å². The fourth-order valence-electron chi connectivity index (χ4n) is 2.06. The molecule has 1 aromatic rings. The molecule has 0 heterocycles. The highest BCUT2D eigenvalue weighted by atomic mass is 19.4. The topological polar surface area (TPSA) is 30.5 Å². The summed E-state index contributed by atoms with van der Waals surface area (Å²) in [7, 11) is 1.57. The van der Waals surface area contributed by atoms with E-state index in [0.29, 0.717) is 25.5 Å². The lowest BCUT2D eigenvalue weighted by atomic mass is 10.0. The van der Waals surface area contributed by atoms with Crippen LogP contribution < -0.4 is 10.1 Å². The third-order valence-electron chi connectivity index (χ3n) is 3.01. The maximum absolute atomic E-state index is 12.4. The van der Waals surface area contributed by atoms with E-state index in [1.54, 1.807) is 31.4 Å². The van der Waals surface area contributed by atoms with E-state index in [1.165, 1.54) is 0 Å². The summed E-state index contributed by atoms with van der Waals surface area (Å²) in [5.74, 6) is 0.600. The smallest absolute Gasteiger partial charge is 0.389 e. The van der Waals surface area contributed by atoms with E-state index in [4.69, 9.17) is 9.47 Å². The van der Waals surface area contributed by atoms with E-state index >= 15 is 0 Å². The highest BCUT2D eigenvalue weighted by molar-refractivity contribution is 5.36. The van der Waals surface area contributed by atoms with E-state index in [0.717, 1.165) is 5.56 Å². The van der Waals surface area contributed by atoms with Crippen molar-refractivity contribution in [3.05, 3.63) is 29.8 Å². The van der Waals surface area contributed by atoms with Crippen molar-refractivity contribution in [2.24, 2.45) is 0 Å². The van der Waals surface area contributed by atoms with Gasteiger partial charge in [0.1, 0.15) is 12.4 Å². The van der Waals surface area contributed by atoms with Crippen LogP contribution in [0.15, 0.2) is 24.3 Å². The van der Waals surface area contributed by atoms with Gasteiger partial charge in [-0.3, -0.25) is 0 Å². The second kappa shape index (κ2) is 8.89. The van der Waals surface area contributed by atoms with Gasteiger partial charge < -0.3 is 14.8 Å². The first-order valence-corrected chi connectivity index (χ1v) is 6.98. The fourth-order valence-corrected chi connectivity index (χ4v) is 2.06. The van der Waals surface area contributed by atoms with E-state index in [-0.39, 0.29) is 12.5 Å². The summed E-state index contributed by atoms with van der Waals surface area (Å²) in [6.45, 7) is 3.26. The van der Waals surface area contributed by atoms with Crippen molar-refractivity contribution in [2.75, 3.05) is 26.9 Å². The van der Waals surface area contributed by atoms with Crippen molar-refractivity contribution >= 4 is 0 Å². The van der Waals surface area contributed by atoms with E-state index < -0.39 is 12.6 Å². The Morgan fingerprint density at radius 2 is 1.90 bits per heavy atom. The lowest BCUT2D eigenvalue weighted by Gasteiger charge is -2.22. The predicted molar refractivity (Wildman–Crippen MR) is 75.5 cm³/mol. The molecule has 0 aromatic heterocycles. The number of hydrogen-bond acceptors (Lipinski definition) is 3. The monoisotopic (exact) mass is 305 g/mol. The first-order chi connectivity index (χ1) is 9.98. The lowest BCUT2D eigenvalue weighted by Crippen LogP contribution is -2.24. The molecule has 0 saturated heterocycles. The molecule has 0 amide bonds. The zero-order chi connectivity index (χ0) is 15.7. The Hall–Kier alpha value is -1.27. The minimum Gasteiger partial charge on any atom is -0.491 e. The van der Waals surface area contributed by atoms with Crippen LogP contribution in [-0.4, -0.2) is 33.0 Å². The van der Waals surface area contributed by atoms with Crippen molar-refractivity contribution in [3.8, 4) is 5.75 Å². The Balaban J connectivity index is 2.80. The van der Waals surface area contributed by atoms with Crippen LogP contribution in [0, 0.1) is 0 Å². The second-order valence-corrected chi connectivity index (χ2v) is 4.64. The fraction of sp³-hybridized carbons (Fsp3) is 0.600. The number of para-hydroxylation sites is 1. The molecule has 0 aliphatic heterocycles. The van der Waals surface area contributed by atoms with Crippen molar-refractivity contribution in [1.29, 1.82) is 0 Å². The number of alkyl halides is 3. The number of benzene rings is 1. The van der Waals surface area contributed by atoms with Crippen LogP contribution in [0.25, 0.3) is 0 Å². The van der Waals surface area contributed by atoms with Gasteiger partial charge in [0.2, 0.25) is 0 Å². The van der Waals surface area contributed by atoms with Crippen LogP contribution in [0.1, 0.15) is 31.4 Å². The predicted octanol–water partition coefficient (Wildman–Crippen LogP) is 3.70. The molecular weight excluding hydrogens is 283 g/mol. The largest absolute Gasteiger partial charge is 0.491 e. The van der Waals surface area contributed by atoms with Gasteiger partial charge in [-0.05, 0) is 19.0 Å². The summed E-state index contributed by atoms with van der Waals surface area (Å²) >= 11 is 0. The highest BCUT2D eigenvalue weighted by Crippen LogP contribution is 2.32. The number of halogens is 3. The van der Waals surface area contributed by atoms with Gasteiger partial charge in [0.25, 0.3) is 0 Å². The minimum absolute atomic E-state index is 0.0119. The van der Waals surface area contributed by atoms with Gasteiger partial charge in [0, 0.05) is 25.1 Å². The Morgan fingerprint density at radius 1 is 1.19 bits per heavy atom. The molecule has 6 heteroatoms. The molecule has 0 saturated carbocycles. The van der Waals surface area contributed by atoms with Gasteiger partial charge in [0.15, 0.2) is 0 Å². The van der Waals surface area contributed by atoms with Crippen LogP contribution in [0.3, 0.4) is 0 Å². The Bertz CT molecular complexity index is 410. The van der Waals surface area contributed by atoms with E-state index in [9.17, 15) is 13.2 Å². The summed E-state index contributed by atoms with van der Waals surface area (Å²) < 4.78 is 47.8. The number of rotatable bonds is 9. The van der Waals surface area contributed by atoms with E-state index in [2.05, 4.69) is 5.32 Å². The molecule has 1 rings (SSSR count). The third kappa shape index (κ3) is 6.82. The number of ether oxygens (including phenoxy) is 2. The van der Waals surface area contributed by atoms with Crippen LogP contribution >= 0.6 is 0 Å². The molecule has 1 atom stereocenters. The van der Waals surface area contributed by atoms with Gasteiger partial charge in [-0.2, -0.15) is 13.2 Å². The van der Waals surface area contributed by atoms with Crippen molar-refractivity contribution in [2.45, 2.75) is 32.0 Å². The van der Waals surface area contributed by atoms with Crippen molar-refractivity contribution < 1.29 is 22.6 Å². The molecule has 0 aliphatic carbocycles. The summed E-state index contributed by atoms with van der Waals surface area (Å²) in [5.41, 5.74) is 0.750. The van der Waals surface area contributed by atoms with Gasteiger partial charge in [0.05, 0.1) is 6.61 Å². The van der Waals surface area contributed by atoms with Gasteiger partial charge >= 0.3 is 6.18 Å². The summed E-state index contributed by atoms with van der Waals surface area (Å²) in [5, 5.41) is 3.09. The SMILES string of the molecule is CCNC(CCC(F)(F)F)c1ccccc1OCCOC. The molecule has 3 nitrogen and oxygen atoms in total. The number of methoxy groups -OCH3 is 1. The van der Waals surface area contributed by atoms with Crippen LogP contribution in [0.5, 0.6) is 5.75 Å². The maximum atomic E-state index is 12.4. The molecule has 0 fully saturated rings. The van der Waals surface area contributed by atoms with Gasteiger partial charge in [-0.15, -0.1) is 0 Å². The summed E-state index contributed by atoms with van der Waals surface area (Å²) in [4.78, 5) is 0. The molecule has 1 aromatic carbocycles. The first kappa shape index (κ1) is 17.8. The average Bonchev–Trinajstić information content (AvgIpc) is 2.43. The first-order valence-electron chi connectivity index (χ1n) is 6.98. The van der Waals surface area contributed by atoms with Crippen LogP contribution in [0.2, 0.25) is 0 Å². The van der Waals surface area contributed by atoms with Gasteiger partial charge in [-0.1, -0.05) is 25.1 Å². The minimum atomic E-state index is -4.15. The number of nitrogens with one attached hydrogen (secondary N) is 1. The van der Waals surface area contributed by atoms with Crippen LogP contribution in [-0.2, 0) is 4.74 Å². The summed E-state index contributed by atoms with van der Waals surface area (Å²) in [6, 6.07) is 6.79. The summed E-state index contributed by atoms with van der Waals surface area (Å²) in [6.07, 6.45) is -4.99. The van der Waals surface area contributed by atoms with Gasteiger partial charge in [-0.25, -0.2) is 0 Å². The standard InChI is InChI=1S/C15H22F3NO2/c1-3-19-13(8-9-15(16,17)18)12-6-4-5-7-14(12)21-11-10-20-2/h4-7,13,19H,3,8-11H2,1-2H3. The third-order valence-corrected chi connectivity index (χ3v) is 3.01. The van der Waals surface area contributed by atoms with E-state index in [1.807, 2.05) is 6.92 Å².